The SMILES string of the molecule is O=C([O-])CC(O)(CC(=O)[O-])C(=O)[O-].O=C([O-])CC(O)(CC(=O)[O-])C(=O)[O-].[Bi+3].[K+].[K+].[K+].[K+].[K+]. The van der Waals surface area contributed by atoms with E-state index in [1.165, 1.54) is 0 Å². The zero-order valence-electron chi connectivity index (χ0n) is 18.1. The molecule has 2 N–H and O–H groups in total. The van der Waals surface area contributed by atoms with Gasteiger partial charge >= 0.3 is 283 Å². The van der Waals surface area contributed by atoms with Gasteiger partial charge in [0.25, 0.3) is 0 Å². The number of rotatable bonds is 10. The van der Waals surface area contributed by atoms with Crippen molar-refractivity contribution < 1.29 is 327 Å². The molecule has 0 saturated heterocycles. The van der Waals surface area contributed by atoms with E-state index in [9.17, 15) is 59.4 Å². The molecule has 150 valence electrons. The predicted octanol–water partition coefficient (Wildman–Crippen LogP) is -25.9. The van der Waals surface area contributed by atoms with E-state index in [2.05, 4.69) is 0 Å². The maximum absolute atomic E-state index is 10.1. The summed E-state index contributed by atoms with van der Waals surface area (Å²) in [6, 6.07) is 0. The van der Waals surface area contributed by atoms with Crippen LogP contribution in [0.4, 0.5) is 0 Å². The molecule has 0 heterocycles. The molecule has 20 heteroatoms. The summed E-state index contributed by atoms with van der Waals surface area (Å²) in [5, 5.41) is 77.9. The second-order valence-electron chi connectivity index (χ2n) is 4.83. The molecule has 0 fully saturated rings. The summed E-state index contributed by atoms with van der Waals surface area (Å²) in [7, 11) is 0. The molecule has 0 aromatic carbocycles. The van der Waals surface area contributed by atoms with E-state index in [1.807, 2.05) is 0 Å². The quantitative estimate of drug-likeness (QED) is 0.195. The fourth-order valence-electron chi connectivity index (χ4n) is 1.37. The van der Waals surface area contributed by atoms with E-state index in [4.69, 9.17) is 10.2 Å². The first-order valence-electron chi connectivity index (χ1n) is 6.23. The number of aliphatic hydroxyl groups is 2. The summed E-state index contributed by atoms with van der Waals surface area (Å²) < 4.78 is 0. The minimum Gasteiger partial charge on any atom is -0.550 e. The van der Waals surface area contributed by atoms with Gasteiger partial charge in [-0.3, -0.25) is 0 Å². The number of carbonyl (C=O) groups is 6. The van der Waals surface area contributed by atoms with E-state index in [1.54, 1.807) is 0 Å². The Morgan fingerprint density at radius 2 is 0.594 bits per heavy atom. The molecule has 0 aliphatic heterocycles. The van der Waals surface area contributed by atoms with Crippen molar-refractivity contribution in [3.63, 3.8) is 0 Å². The van der Waals surface area contributed by atoms with Crippen molar-refractivity contribution in [1.82, 2.24) is 0 Å². The number of aliphatic carboxylic acids is 6. The maximum Gasteiger partial charge on any atom is 3.00 e. The fourth-order valence-corrected chi connectivity index (χ4v) is 1.37. The average molecular weight is 783 g/mol. The van der Waals surface area contributed by atoms with Gasteiger partial charge in [0.2, 0.25) is 0 Å². The van der Waals surface area contributed by atoms with Gasteiger partial charge in [0, 0.05) is 49.6 Å². The Kier molecular flexibility index (Phi) is 53.6. The average Bonchev–Trinajstić information content (AvgIpc) is 2.34. The molecule has 0 aliphatic rings. The van der Waals surface area contributed by atoms with Crippen LogP contribution >= 0.6 is 0 Å². The molecule has 0 spiro atoms. The second kappa shape index (κ2) is 29.8. The zero-order chi connectivity index (χ0) is 21.3. The van der Waals surface area contributed by atoms with Gasteiger partial charge in [-0.15, -0.1) is 0 Å². The van der Waals surface area contributed by atoms with Crippen LogP contribution in [0.1, 0.15) is 25.7 Å². The molecule has 0 bridgehead atoms. The van der Waals surface area contributed by atoms with Crippen molar-refractivity contribution in [2.45, 2.75) is 36.9 Å². The minimum atomic E-state index is -2.97. The number of carboxylic acid groups (broad SMARTS) is 6. The van der Waals surface area contributed by atoms with E-state index in [-0.39, 0.29) is 283 Å². The Hall–Kier alpha value is 5.80. The van der Waals surface area contributed by atoms with Gasteiger partial charge in [-0.1, -0.05) is 0 Å². The van der Waals surface area contributed by atoms with E-state index in [0.29, 0.717) is 0 Å². The van der Waals surface area contributed by atoms with Gasteiger partial charge in [-0.05, 0) is 0 Å². The first kappa shape index (κ1) is 57.6. The van der Waals surface area contributed by atoms with Crippen LogP contribution in [0.25, 0.3) is 0 Å². The summed E-state index contributed by atoms with van der Waals surface area (Å²) in [4.78, 5) is 60.0. The molecule has 0 saturated carbocycles. The first-order chi connectivity index (χ1) is 11.6. The number of carbonyl (C=O) groups excluding carboxylic acids is 6. The topological polar surface area (TPSA) is 281 Å². The second-order valence-corrected chi connectivity index (χ2v) is 4.83. The summed E-state index contributed by atoms with van der Waals surface area (Å²) in [6.07, 6.45) is -5.43. The Morgan fingerprint density at radius 1 is 0.469 bits per heavy atom. The van der Waals surface area contributed by atoms with Crippen molar-refractivity contribution in [3.05, 3.63) is 0 Å². The summed E-state index contributed by atoms with van der Waals surface area (Å²) >= 11 is 0. The Labute approximate surface area is 413 Å². The standard InChI is InChI=1S/2C6H8O7.Bi.5K/c2*7-3(8)1-6(13,5(11)12)2-4(9)10;;;;;;/h2*13H,1-2H2,(H,7,8)(H,9,10)(H,11,12);;;;;;/q;;+3;5*+1/p-6. The van der Waals surface area contributed by atoms with E-state index < -0.39 is 72.7 Å². The normalized spacial score (nSPS) is 8.81. The largest absolute Gasteiger partial charge is 3.00 e. The molecule has 2 radical (unpaired) electrons. The van der Waals surface area contributed by atoms with Crippen LogP contribution < -0.4 is 288 Å². The van der Waals surface area contributed by atoms with Crippen molar-refractivity contribution >= 4 is 62.0 Å². The Morgan fingerprint density at radius 3 is 0.656 bits per heavy atom. The predicted molar refractivity (Wildman–Crippen MR) is 64.2 cm³/mol. The van der Waals surface area contributed by atoms with Crippen LogP contribution in [0.15, 0.2) is 0 Å². The van der Waals surface area contributed by atoms with Gasteiger partial charge < -0.3 is 69.6 Å². The van der Waals surface area contributed by atoms with Crippen molar-refractivity contribution in [1.29, 1.82) is 0 Å². The third-order valence-corrected chi connectivity index (χ3v) is 2.51. The molecule has 0 atom stereocenters. The van der Waals surface area contributed by atoms with Crippen molar-refractivity contribution in [2.75, 3.05) is 0 Å². The third-order valence-electron chi connectivity index (χ3n) is 2.51. The third kappa shape index (κ3) is 30.3. The van der Waals surface area contributed by atoms with Crippen LogP contribution in [-0.4, -0.2) is 83.4 Å². The Bertz CT molecular complexity index is 533. The van der Waals surface area contributed by atoms with Gasteiger partial charge in [0.05, 0.1) is 11.9 Å². The zero-order valence-corrected chi connectivity index (χ0v) is 37.2. The molecule has 32 heavy (non-hydrogen) atoms. The van der Waals surface area contributed by atoms with Crippen LogP contribution in [0.5, 0.6) is 0 Å². The molecule has 14 nitrogen and oxygen atoms in total. The number of hydrogen-bond donors (Lipinski definition) is 2. The minimum absolute atomic E-state index is 0. The van der Waals surface area contributed by atoms with E-state index in [0.717, 1.165) is 0 Å². The molecule has 0 rings (SSSR count). The smallest absolute Gasteiger partial charge is 0.550 e. The molecule has 0 aliphatic carbocycles. The molecule has 0 unspecified atom stereocenters. The van der Waals surface area contributed by atoms with Gasteiger partial charge in [0.1, 0.15) is 11.2 Å². The maximum atomic E-state index is 10.1. The first-order valence-corrected chi connectivity index (χ1v) is 6.23. The number of hydrogen-bond acceptors (Lipinski definition) is 14. The summed E-state index contributed by atoms with van der Waals surface area (Å²) in [5.41, 5.74) is -5.95. The van der Waals surface area contributed by atoms with Crippen LogP contribution in [0.3, 0.4) is 0 Å². The molecule has 0 amide bonds. The van der Waals surface area contributed by atoms with Gasteiger partial charge in [-0.25, -0.2) is 0 Å². The number of carboxylic acids is 6. The van der Waals surface area contributed by atoms with Crippen molar-refractivity contribution in [2.24, 2.45) is 0 Å². The Balaban J connectivity index is -0.0000000505. The van der Waals surface area contributed by atoms with Crippen LogP contribution in [-0.2, 0) is 28.8 Å². The molecule has 0 aromatic rings. The van der Waals surface area contributed by atoms with E-state index >= 15 is 0 Å². The van der Waals surface area contributed by atoms with Crippen molar-refractivity contribution in [3.8, 4) is 0 Å². The summed E-state index contributed by atoms with van der Waals surface area (Å²) in [5.74, 6) is -12.0. The monoisotopic (exact) mass is 782 g/mol. The van der Waals surface area contributed by atoms with Crippen LogP contribution in [0, 0.1) is 0 Å². The summed E-state index contributed by atoms with van der Waals surface area (Å²) in [6.45, 7) is 0. The van der Waals surface area contributed by atoms with Crippen LogP contribution in [0.2, 0.25) is 0 Å². The molecular weight excluding hydrogens is 773 g/mol. The molecule has 0 aromatic heterocycles. The fraction of sp³-hybridized carbons (Fsp3) is 0.500. The van der Waals surface area contributed by atoms with Gasteiger partial charge in [0.15, 0.2) is 0 Å². The molecular formula is C12H10BiK5O14+2. The van der Waals surface area contributed by atoms with Gasteiger partial charge in [-0.2, -0.15) is 0 Å².